The zero-order chi connectivity index (χ0) is 11.7. The van der Waals surface area contributed by atoms with E-state index >= 15 is 0 Å². The lowest BCUT2D eigenvalue weighted by molar-refractivity contribution is 0.151. The van der Waals surface area contributed by atoms with Gasteiger partial charge < -0.3 is 4.90 Å². The number of nitrogens with zero attached hydrogens (tertiary/aromatic N) is 1. The van der Waals surface area contributed by atoms with Crippen LogP contribution < -0.4 is 4.90 Å². The summed E-state index contributed by atoms with van der Waals surface area (Å²) in [6.45, 7) is 5.93. The van der Waals surface area contributed by atoms with E-state index < -0.39 is 6.43 Å². The van der Waals surface area contributed by atoms with Gasteiger partial charge in [-0.05, 0) is 24.0 Å². The summed E-state index contributed by atoms with van der Waals surface area (Å²) in [5.41, 5.74) is 2.30. The fourth-order valence-electron chi connectivity index (χ4n) is 2.14. The maximum atomic E-state index is 12.6. The number of anilines is 1. The molecule has 16 heavy (non-hydrogen) atoms. The quantitative estimate of drug-likeness (QED) is 0.758. The zero-order valence-corrected chi connectivity index (χ0v) is 9.63. The van der Waals surface area contributed by atoms with Gasteiger partial charge in [-0.25, -0.2) is 8.78 Å². The Balaban J connectivity index is 2.26. The first-order chi connectivity index (χ1) is 7.58. The molecule has 1 aliphatic heterocycles. The molecule has 0 bridgehead atoms. The SMILES string of the molecule is C[C](C)CN1CCc2ccc(C(F)F)cc21. The van der Waals surface area contributed by atoms with Gasteiger partial charge in [-0.1, -0.05) is 26.0 Å². The van der Waals surface area contributed by atoms with Crippen molar-refractivity contribution in [3.8, 4) is 0 Å². The van der Waals surface area contributed by atoms with Gasteiger partial charge in [0.25, 0.3) is 6.43 Å². The second-order valence-electron chi connectivity index (χ2n) is 4.57. The summed E-state index contributed by atoms with van der Waals surface area (Å²) in [5, 5.41) is 0. The van der Waals surface area contributed by atoms with E-state index in [1.54, 1.807) is 6.07 Å². The van der Waals surface area contributed by atoms with Gasteiger partial charge in [0.1, 0.15) is 0 Å². The first-order valence-corrected chi connectivity index (χ1v) is 5.53. The lowest BCUT2D eigenvalue weighted by Crippen LogP contribution is -2.24. The van der Waals surface area contributed by atoms with Crippen LogP contribution in [0.25, 0.3) is 0 Å². The van der Waals surface area contributed by atoms with Gasteiger partial charge in [0.2, 0.25) is 0 Å². The summed E-state index contributed by atoms with van der Waals surface area (Å²) in [6.07, 6.45) is -1.41. The molecule has 1 radical (unpaired) electrons. The Morgan fingerprint density at radius 1 is 1.38 bits per heavy atom. The van der Waals surface area contributed by atoms with Gasteiger partial charge in [0.15, 0.2) is 0 Å². The Bertz CT molecular complexity index is 374. The molecule has 0 saturated carbocycles. The van der Waals surface area contributed by atoms with E-state index in [2.05, 4.69) is 18.7 Å². The number of halogens is 2. The van der Waals surface area contributed by atoms with Crippen LogP contribution in [0.5, 0.6) is 0 Å². The van der Waals surface area contributed by atoms with Crippen LogP contribution in [-0.2, 0) is 6.42 Å². The molecule has 0 aromatic heterocycles. The van der Waals surface area contributed by atoms with Crippen LogP contribution in [0.15, 0.2) is 18.2 Å². The van der Waals surface area contributed by atoms with Gasteiger partial charge in [0, 0.05) is 24.3 Å². The zero-order valence-electron chi connectivity index (χ0n) is 9.63. The maximum Gasteiger partial charge on any atom is 0.263 e. The molecule has 1 heterocycles. The average molecular weight is 224 g/mol. The van der Waals surface area contributed by atoms with Crippen molar-refractivity contribution in [1.82, 2.24) is 0 Å². The lowest BCUT2D eigenvalue weighted by Gasteiger charge is -2.21. The van der Waals surface area contributed by atoms with Crippen LogP contribution in [0, 0.1) is 5.92 Å². The van der Waals surface area contributed by atoms with E-state index in [1.807, 2.05) is 6.07 Å². The summed E-state index contributed by atoms with van der Waals surface area (Å²) in [5.74, 6) is 1.30. The Morgan fingerprint density at radius 2 is 2.12 bits per heavy atom. The summed E-state index contributed by atoms with van der Waals surface area (Å²) < 4.78 is 25.2. The van der Waals surface area contributed by atoms with E-state index in [0.29, 0.717) is 0 Å². The van der Waals surface area contributed by atoms with E-state index in [9.17, 15) is 8.78 Å². The smallest absolute Gasteiger partial charge is 0.263 e. The normalized spacial score (nSPS) is 15.0. The average Bonchev–Trinajstić information content (AvgIpc) is 2.60. The molecule has 1 aliphatic rings. The molecule has 0 atom stereocenters. The number of hydrogen-bond donors (Lipinski definition) is 0. The molecular formula is C13H16F2N. The van der Waals surface area contributed by atoms with Crippen LogP contribution in [0.1, 0.15) is 31.4 Å². The molecule has 0 spiro atoms. The maximum absolute atomic E-state index is 12.6. The molecular weight excluding hydrogens is 208 g/mol. The van der Waals surface area contributed by atoms with Crippen molar-refractivity contribution in [1.29, 1.82) is 0 Å². The van der Waals surface area contributed by atoms with Crippen molar-refractivity contribution in [3.63, 3.8) is 0 Å². The predicted octanol–water partition coefficient (Wildman–Crippen LogP) is 3.60. The minimum absolute atomic E-state index is 0.124. The third-order valence-electron chi connectivity index (χ3n) is 2.86. The molecule has 1 aromatic rings. The number of fused-ring (bicyclic) bond motifs is 1. The van der Waals surface area contributed by atoms with Crippen LogP contribution in [0.4, 0.5) is 14.5 Å². The first-order valence-electron chi connectivity index (χ1n) is 5.53. The molecule has 0 amide bonds. The fourth-order valence-corrected chi connectivity index (χ4v) is 2.14. The molecule has 0 unspecified atom stereocenters. The highest BCUT2D eigenvalue weighted by atomic mass is 19.3. The monoisotopic (exact) mass is 224 g/mol. The minimum Gasteiger partial charge on any atom is -0.370 e. The molecule has 0 N–H and O–H groups in total. The second-order valence-corrected chi connectivity index (χ2v) is 4.57. The van der Waals surface area contributed by atoms with Gasteiger partial charge in [-0.15, -0.1) is 0 Å². The first kappa shape index (κ1) is 11.4. The molecule has 1 nitrogen and oxygen atoms in total. The number of hydrogen-bond acceptors (Lipinski definition) is 1. The van der Waals surface area contributed by atoms with Gasteiger partial charge in [-0.2, -0.15) is 0 Å². The third kappa shape index (κ3) is 2.18. The summed E-state index contributed by atoms with van der Waals surface area (Å²) in [7, 11) is 0. The summed E-state index contributed by atoms with van der Waals surface area (Å²) in [6, 6.07) is 5.01. The summed E-state index contributed by atoms with van der Waals surface area (Å²) in [4.78, 5) is 2.18. The fraction of sp³-hybridized carbons (Fsp3) is 0.462. The third-order valence-corrected chi connectivity index (χ3v) is 2.86. The van der Waals surface area contributed by atoms with Crippen molar-refractivity contribution in [2.45, 2.75) is 26.7 Å². The van der Waals surface area contributed by atoms with Crippen molar-refractivity contribution in [3.05, 3.63) is 35.2 Å². The highest BCUT2D eigenvalue weighted by Crippen LogP contribution is 2.32. The molecule has 3 heteroatoms. The lowest BCUT2D eigenvalue weighted by atomic mass is 10.1. The topological polar surface area (TPSA) is 3.24 Å². The number of rotatable bonds is 3. The molecule has 1 aromatic carbocycles. The van der Waals surface area contributed by atoms with Crippen LogP contribution in [-0.4, -0.2) is 13.1 Å². The van der Waals surface area contributed by atoms with Gasteiger partial charge in [0.05, 0.1) is 0 Å². The Labute approximate surface area is 95.1 Å². The molecule has 0 aliphatic carbocycles. The Morgan fingerprint density at radius 3 is 2.75 bits per heavy atom. The second kappa shape index (κ2) is 4.40. The Hall–Kier alpha value is -1.12. The van der Waals surface area contributed by atoms with Crippen molar-refractivity contribution in [2.24, 2.45) is 0 Å². The predicted molar refractivity (Wildman–Crippen MR) is 61.9 cm³/mol. The highest BCUT2D eigenvalue weighted by Gasteiger charge is 2.21. The molecule has 0 saturated heterocycles. The van der Waals surface area contributed by atoms with Gasteiger partial charge in [-0.3, -0.25) is 0 Å². The number of benzene rings is 1. The van der Waals surface area contributed by atoms with Crippen molar-refractivity contribution in [2.75, 3.05) is 18.0 Å². The van der Waals surface area contributed by atoms with E-state index in [-0.39, 0.29) is 5.56 Å². The van der Waals surface area contributed by atoms with Crippen LogP contribution in [0.2, 0.25) is 0 Å². The highest BCUT2D eigenvalue weighted by molar-refractivity contribution is 5.60. The summed E-state index contributed by atoms with van der Waals surface area (Å²) >= 11 is 0. The van der Waals surface area contributed by atoms with E-state index in [1.165, 1.54) is 17.5 Å². The largest absolute Gasteiger partial charge is 0.370 e. The standard InChI is InChI=1S/C13H16F2N/c1-9(2)8-16-6-5-10-3-4-11(13(14)15)7-12(10)16/h3-4,7,13H,5-6,8H2,1-2H3. The Kier molecular flexibility index (Phi) is 3.13. The van der Waals surface area contributed by atoms with Crippen molar-refractivity contribution >= 4 is 5.69 Å². The van der Waals surface area contributed by atoms with E-state index in [0.717, 1.165) is 25.2 Å². The molecule has 87 valence electrons. The van der Waals surface area contributed by atoms with Gasteiger partial charge >= 0.3 is 0 Å². The molecule has 2 rings (SSSR count). The van der Waals surface area contributed by atoms with Crippen LogP contribution in [0.3, 0.4) is 0 Å². The van der Waals surface area contributed by atoms with Crippen LogP contribution >= 0.6 is 0 Å². The molecule has 0 fully saturated rings. The number of alkyl halides is 2. The van der Waals surface area contributed by atoms with Crippen molar-refractivity contribution < 1.29 is 8.78 Å². The van der Waals surface area contributed by atoms with E-state index in [4.69, 9.17) is 0 Å². The minimum atomic E-state index is -2.38.